The first-order valence-corrected chi connectivity index (χ1v) is 10.5. The van der Waals surface area contributed by atoms with Gasteiger partial charge in [-0.05, 0) is 24.1 Å². The van der Waals surface area contributed by atoms with Crippen molar-refractivity contribution in [3.8, 4) is 0 Å². The lowest BCUT2D eigenvalue weighted by atomic mass is 10.1. The fourth-order valence-corrected chi connectivity index (χ4v) is 3.70. The number of carboxylic acid groups (broad SMARTS) is 1. The number of hydrogen-bond donors (Lipinski definition) is 1. The van der Waals surface area contributed by atoms with Crippen molar-refractivity contribution >= 4 is 35.0 Å². The van der Waals surface area contributed by atoms with Crippen LogP contribution in [0.15, 0.2) is 46.9 Å². The topological polar surface area (TPSA) is 68.0 Å². The number of carboxylic acids is 1. The van der Waals surface area contributed by atoms with Gasteiger partial charge in [-0.1, -0.05) is 43.1 Å². The summed E-state index contributed by atoms with van der Waals surface area (Å²) in [6.45, 7) is 2.69. The van der Waals surface area contributed by atoms with Crippen LogP contribution in [0.3, 0.4) is 0 Å². The normalized spacial score (nSPS) is 11.7. The minimum atomic E-state index is -0.950. The van der Waals surface area contributed by atoms with Gasteiger partial charge in [0.25, 0.3) is 0 Å². The fraction of sp³-hybridized carbons (Fsp3) is 0.286. The SMILES string of the molecule is CCCCc1ncc(/C=C(\Cc2cscn2)C(=O)O)n1Cc1ccccc1Cl. The van der Waals surface area contributed by atoms with E-state index in [2.05, 4.69) is 21.5 Å². The summed E-state index contributed by atoms with van der Waals surface area (Å²) in [5.74, 6) is -0.0139. The van der Waals surface area contributed by atoms with Crippen LogP contribution in [0, 0.1) is 0 Å². The summed E-state index contributed by atoms with van der Waals surface area (Å²) in [6.07, 6.45) is 6.64. The smallest absolute Gasteiger partial charge is 0.332 e. The van der Waals surface area contributed by atoms with Gasteiger partial charge in [0.1, 0.15) is 5.82 Å². The second kappa shape index (κ2) is 9.66. The molecule has 1 N–H and O–H groups in total. The molecule has 3 rings (SSSR count). The Hall–Kier alpha value is -2.44. The van der Waals surface area contributed by atoms with Crippen molar-refractivity contribution in [3.63, 3.8) is 0 Å². The number of aliphatic carboxylic acids is 1. The first kappa shape index (κ1) is 20.3. The Morgan fingerprint density at radius 2 is 2.14 bits per heavy atom. The molecule has 3 aromatic rings. The lowest BCUT2D eigenvalue weighted by Crippen LogP contribution is -2.09. The Labute approximate surface area is 173 Å². The monoisotopic (exact) mass is 415 g/mol. The van der Waals surface area contributed by atoms with Crippen molar-refractivity contribution in [1.82, 2.24) is 14.5 Å². The van der Waals surface area contributed by atoms with Gasteiger partial charge in [-0.2, -0.15) is 0 Å². The van der Waals surface area contributed by atoms with Crippen LogP contribution in [-0.4, -0.2) is 25.6 Å². The zero-order chi connectivity index (χ0) is 19.9. The zero-order valence-electron chi connectivity index (χ0n) is 15.6. The second-order valence-corrected chi connectivity index (χ2v) is 7.64. The number of halogens is 1. The van der Waals surface area contributed by atoms with Crippen LogP contribution in [0.25, 0.3) is 6.08 Å². The molecule has 146 valence electrons. The van der Waals surface area contributed by atoms with E-state index in [9.17, 15) is 9.90 Å². The maximum atomic E-state index is 11.8. The molecule has 0 aliphatic heterocycles. The molecule has 2 heterocycles. The largest absolute Gasteiger partial charge is 0.478 e. The highest BCUT2D eigenvalue weighted by Crippen LogP contribution is 2.21. The lowest BCUT2D eigenvalue weighted by molar-refractivity contribution is -0.132. The first-order chi connectivity index (χ1) is 13.6. The number of hydrogen-bond acceptors (Lipinski definition) is 4. The Morgan fingerprint density at radius 3 is 2.82 bits per heavy atom. The molecule has 0 radical (unpaired) electrons. The lowest BCUT2D eigenvalue weighted by Gasteiger charge is -2.12. The van der Waals surface area contributed by atoms with Gasteiger partial charge in [-0.3, -0.25) is 0 Å². The third-order valence-electron chi connectivity index (χ3n) is 4.46. The van der Waals surface area contributed by atoms with Crippen molar-refractivity contribution in [2.75, 3.05) is 0 Å². The maximum absolute atomic E-state index is 11.8. The van der Waals surface area contributed by atoms with E-state index in [-0.39, 0.29) is 12.0 Å². The molecule has 0 aliphatic carbocycles. The fourth-order valence-electron chi connectivity index (χ4n) is 2.95. The molecule has 0 bridgehead atoms. The Bertz CT molecular complexity index is 964. The third-order valence-corrected chi connectivity index (χ3v) is 5.47. The van der Waals surface area contributed by atoms with Gasteiger partial charge in [0.15, 0.2) is 0 Å². The summed E-state index contributed by atoms with van der Waals surface area (Å²) in [6, 6.07) is 7.69. The molecule has 2 aromatic heterocycles. The molecule has 28 heavy (non-hydrogen) atoms. The summed E-state index contributed by atoms with van der Waals surface area (Å²) in [4.78, 5) is 20.5. The van der Waals surface area contributed by atoms with Gasteiger partial charge in [0.05, 0.1) is 29.6 Å². The summed E-state index contributed by atoms with van der Waals surface area (Å²) >= 11 is 7.81. The van der Waals surface area contributed by atoms with Gasteiger partial charge in [-0.15, -0.1) is 11.3 Å². The van der Waals surface area contributed by atoms with E-state index in [1.165, 1.54) is 11.3 Å². The van der Waals surface area contributed by atoms with Gasteiger partial charge in [0, 0.05) is 28.8 Å². The Balaban J connectivity index is 1.97. The van der Waals surface area contributed by atoms with E-state index < -0.39 is 5.97 Å². The molecule has 0 fully saturated rings. The van der Waals surface area contributed by atoms with Crippen molar-refractivity contribution in [2.45, 2.75) is 39.2 Å². The van der Waals surface area contributed by atoms with Gasteiger partial charge in [0.2, 0.25) is 0 Å². The van der Waals surface area contributed by atoms with Crippen molar-refractivity contribution < 1.29 is 9.90 Å². The zero-order valence-corrected chi connectivity index (χ0v) is 17.2. The predicted molar refractivity (Wildman–Crippen MR) is 113 cm³/mol. The Kier molecular flexibility index (Phi) is 7.01. The highest BCUT2D eigenvalue weighted by atomic mass is 35.5. The van der Waals surface area contributed by atoms with E-state index in [1.54, 1.807) is 17.8 Å². The molecule has 0 saturated carbocycles. The predicted octanol–water partition coefficient (Wildman–Crippen LogP) is 5.09. The van der Waals surface area contributed by atoms with Crippen LogP contribution in [0.1, 0.15) is 42.5 Å². The van der Waals surface area contributed by atoms with Crippen LogP contribution < -0.4 is 0 Å². The summed E-state index contributed by atoms with van der Waals surface area (Å²) in [5, 5.41) is 12.2. The van der Waals surface area contributed by atoms with E-state index in [4.69, 9.17) is 11.6 Å². The van der Waals surface area contributed by atoms with Crippen LogP contribution >= 0.6 is 22.9 Å². The number of thiazole rings is 1. The van der Waals surface area contributed by atoms with Crippen LogP contribution in [0.2, 0.25) is 5.02 Å². The minimum Gasteiger partial charge on any atom is -0.478 e. The number of nitrogens with zero attached hydrogens (tertiary/aromatic N) is 3. The van der Waals surface area contributed by atoms with Gasteiger partial charge < -0.3 is 9.67 Å². The number of rotatable bonds is 9. The van der Waals surface area contributed by atoms with Crippen molar-refractivity contribution in [3.05, 3.63) is 74.7 Å². The van der Waals surface area contributed by atoms with Crippen molar-refractivity contribution in [1.29, 1.82) is 0 Å². The number of benzene rings is 1. The summed E-state index contributed by atoms with van der Waals surface area (Å²) in [7, 11) is 0. The van der Waals surface area contributed by atoms with Gasteiger partial charge >= 0.3 is 5.97 Å². The van der Waals surface area contributed by atoms with Crippen molar-refractivity contribution in [2.24, 2.45) is 0 Å². The highest BCUT2D eigenvalue weighted by Gasteiger charge is 2.15. The maximum Gasteiger partial charge on any atom is 0.332 e. The standard InChI is InChI=1S/C21H22ClN3O2S/c1-2-3-8-20-23-11-18(25(20)12-15-6-4-5-7-19(15)22)10-16(21(26)27)9-17-13-28-14-24-17/h4-7,10-11,13-14H,2-3,8-9,12H2,1H3,(H,26,27)/b16-10+. The summed E-state index contributed by atoms with van der Waals surface area (Å²) < 4.78 is 2.06. The number of carbonyl (C=O) groups is 1. The molecular formula is C21H22ClN3O2S. The molecular weight excluding hydrogens is 394 g/mol. The molecule has 0 spiro atoms. The molecule has 0 aliphatic rings. The number of aryl methyl sites for hydroxylation is 1. The molecule has 0 amide bonds. The van der Waals surface area contributed by atoms with E-state index in [1.807, 2.05) is 29.6 Å². The molecule has 0 unspecified atom stereocenters. The summed E-state index contributed by atoms with van der Waals surface area (Å²) in [5.41, 5.74) is 4.49. The van der Waals surface area contributed by atoms with Crippen LogP contribution in [0.4, 0.5) is 0 Å². The number of imidazole rings is 1. The van der Waals surface area contributed by atoms with E-state index in [0.717, 1.165) is 42.0 Å². The second-order valence-electron chi connectivity index (χ2n) is 6.51. The average molecular weight is 416 g/mol. The molecule has 0 atom stereocenters. The third kappa shape index (κ3) is 5.09. The van der Waals surface area contributed by atoms with E-state index >= 15 is 0 Å². The van der Waals surface area contributed by atoms with Crippen LogP contribution in [-0.2, 0) is 24.2 Å². The van der Waals surface area contributed by atoms with E-state index in [0.29, 0.717) is 11.6 Å². The molecule has 7 heteroatoms. The number of aromatic nitrogens is 3. The highest BCUT2D eigenvalue weighted by molar-refractivity contribution is 7.07. The molecule has 0 saturated heterocycles. The molecule has 1 aromatic carbocycles. The Morgan fingerprint density at radius 1 is 1.32 bits per heavy atom. The average Bonchev–Trinajstić information content (AvgIpc) is 3.32. The quantitative estimate of drug-likeness (QED) is 0.494. The molecule has 5 nitrogen and oxygen atoms in total. The van der Waals surface area contributed by atoms with Gasteiger partial charge in [-0.25, -0.2) is 14.8 Å². The number of unbranched alkanes of at least 4 members (excludes halogenated alkanes) is 1. The first-order valence-electron chi connectivity index (χ1n) is 9.17. The van der Waals surface area contributed by atoms with Crippen LogP contribution in [0.5, 0.6) is 0 Å². The minimum absolute atomic E-state index is 0.278.